The molecular formula is C32H37BrN4O4. The van der Waals surface area contributed by atoms with Crippen molar-refractivity contribution in [1.82, 2.24) is 14.8 Å². The average Bonchev–Trinajstić information content (AvgIpc) is 3.38. The normalized spacial score (nSPS) is 11.0. The Kier molecular flexibility index (Phi) is 10.3. The van der Waals surface area contributed by atoms with Crippen molar-refractivity contribution in [2.45, 2.75) is 26.8 Å². The fraction of sp³-hybridized carbons (Fsp3) is 0.312. The molecule has 0 radical (unpaired) electrons. The van der Waals surface area contributed by atoms with Gasteiger partial charge in [0, 0.05) is 41.2 Å². The summed E-state index contributed by atoms with van der Waals surface area (Å²) in [7, 11) is 3.19. The highest BCUT2D eigenvalue weighted by Gasteiger charge is 2.23. The molecule has 0 saturated heterocycles. The van der Waals surface area contributed by atoms with Gasteiger partial charge in [-0.3, -0.25) is 4.79 Å². The lowest BCUT2D eigenvalue weighted by Gasteiger charge is -2.29. The van der Waals surface area contributed by atoms with Crippen LogP contribution in [0.3, 0.4) is 0 Å². The molecule has 0 unspecified atom stereocenters. The van der Waals surface area contributed by atoms with Crippen LogP contribution in [-0.2, 0) is 17.8 Å². The maximum atomic E-state index is 13.9. The Balaban J connectivity index is 1.56. The fourth-order valence-corrected chi connectivity index (χ4v) is 5.15. The van der Waals surface area contributed by atoms with Crippen LogP contribution in [0.25, 0.3) is 10.9 Å². The lowest BCUT2D eigenvalue weighted by Crippen LogP contribution is -2.46. The Morgan fingerprint density at radius 1 is 0.951 bits per heavy atom. The molecule has 8 nitrogen and oxygen atoms in total. The Labute approximate surface area is 249 Å². The van der Waals surface area contributed by atoms with E-state index in [1.165, 1.54) is 0 Å². The van der Waals surface area contributed by atoms with Crippen LogP contribution in [0.15, 0.2) is 77.4 Å². The second-order valence-electron chi connectivity index (χ2n) is 10.3. The molecule has 4 aromatic rings. The van der Waals surface area contributed by atoms with Crippen molar-refractivity contribution < 1.29 is 19.1 Å². The summed E-state index contributed by atoms with van der Waals surface area (Å²) in [5.41, 5.74) is 3.76. The number of anilines is 1. The molecule has 0 spiro atoms. The quantitative estimate of drug-likeness (QED) is 0.184. The minimum Gasteiger partial charge on any atom is -0.493 e. The molecule has 0 atom stereocenters. The number of aromatic amines is 1. The molecule has 216 valence electrons. The number of halogens is 1. The Bertz CT molecular complexity index is 1490. The van der Waals surface area contributed by atoms with Gasteiger partial charge in [0.05, 0.1) is 19.9 Å². The van der Waals surface area contributed by atoms with E-state index in [1.54, 1.807) is 19.1 Å². The van der Waals surface area contributed by atoms with E-state index in [4.69, 9.17) is 9.47 Å². The van der Waals surface area contributed by atoms with E-state index >= 15 is 0 Å². The number of rotatable bonds is 12. The van der Waals surface area contributed by atoms with Crippen molar-refractivity contribution in [3.8, 4) is 11.5 Å². The third kappa shape index (κ3) is 7.82. The molecule has 0 aliphatic heterocycles. The number of urea groups is 1. The third-order valence-electron chi connectivity index (χ3n) is 6.81. The van der Waals surface area contributed by atoms with E-state index in [0.717, 1.165) is 26.5 Å². The first-order valence-corrected chi connectivity index (χ1v) is 14.4. The number of nitrogens with one attached hydrogen (secondary N) is 2. The fourth-order valence-electron chi connectivity index (χ4n) is 4.77. The van der Waals surface area contributed by atoms with Crippen LogP contribution < -0.4 is 14.8 Å². The van der Waals surface area contributed by atoms with E-state index in [1.807, 2.05) is 85.6 Å². The lowest BCUT2D eigenvalue weighted by atomic mass is 10.1. The summed E-state index contributed by atoms with van der Waals surface area (Å²) < 4.78 is 11.7. The monoisotopic (exact) mass is 620 g/mol. The lowest BCUT2D eigenvalue weighted by molar-refractivity contribution is -0.132. The molecule has 41 heavy (non-hydrogen) atoms. The van der Waals surface area contributed by atoms with Crippen molar-refractivity contribution in [3.05, 3.63) is 88.5 Å². The van der Waals surface area contributed by atoms with Gasteiger partial charge in [-0.25, -0.2) is 4.79 Å². The van der Waals surface area contributed by atoms with Gasteiger partial charge in [0.15, 0.2) is 11.5 Å². The van der Waals surface area contributed by atoms with Gasteiger partial charge in [-0.05, 0) is 69.7 Å². The van der Waals surface area contributed by atoms with Crippen LogP contribution in [0.5, 0.6) is 11.5 Å². The number of H-pyrrole nitrogens is 1. The molecule has 0 aliphatic rings. The number of ether oxygens (including phenoxy) is 2. The van der Waals surface area contributed by atoms with E-state index in [9.17, 15) is 9.59 Å². The van der Waals surface area contributed by atoms with Crippen LogP contribution in [0.4, 0.5) is 10.5 Å². The minimum atomic E-state index is -0.318. The topological polar surface area (TPSA) is 86.9 Å². The van der Waals surface area contributed by atoms with Crippen molar-refractivity contribution >= 4 is 44.5 Å². The number of aromatic nitrogens is 1. The zero-order valence-corrected chi connectivity index (χ0v) is 25.5. The van der Waals surface area contributed by atoms with Gasteiger partial charge in [0.1, 0.15) is 6.54 Å². The molecule has 3 aromatic carbocycles. The number of nitrogens with zero attached hydrogens (tertiary/aromatic N) is 2. The minimum absolute atomic E-state index is 0.0460. The van der Waals surface area contributed by atoms with Gasteiger partial charge in [-0.2, -0.15) is 0 Å². The van der Waals surface area contributed by atoms with E-state index in [2.05, 4.69) is 32.3 Å². The number of fused-ring (bicyclic) bond motifs is 1. The SMILES string of the molecule is COc1ccc(CN(CCc2c[nH]c3ccccc23)C(=O)CN(CC(C)C)C(=O)Nc2ccccc2Br)cc1OC. The van der Waals surface area contributed by atoms with Crippen LogP contribution in [0.1, 0.15) is 25.0 Å². The first-order chi connectivity index (χ1) is 19.8. The van der Waals surface area contributed by atoms with Gasteiger partial charge in [-0.15, -0.1) is 0 Å². The zero-order valence-electron chi connectivity index (χ0n) is 23.9. The average molecular weight is 622 g/mol. The van der Waals surface area contributed by atoms with Crippen LogP contribution in [-0.4, -0.2) is 60.6 Å². The van der Waals surface area contributed by atoms with Gasteiger partial charge >= 0.3 is 6.03 Å². The van der Waals surface area contributed by atoms with Gasteiger partial charge in [0.25, 0.3) is 0 Å². The summed E-state index contributed by atoms with van der Waals surface area (Å²) in [6, 6.07) is 20.9. The van der Waals surface area contributed by atoms with Crippen molar-refractivity contribution in [3.63, 3.8) is 0 Å². The molecular weight excluding hydrogens is 584 g/mol. The number of hydrogen-bond acceptors (Lipinski definition) is 4. The van der Waals surface area contributed by atoms with Crippen LogP contribution in [0, 0.1) is 5.92 Å². The number of benzene rings is 3. The Morgan fingerprint density at radius 2 is 1.68 bits per heavy atom. The highest BCUT2D eigenvalue weighted by molar-refractivity contribution is 9.10. The largest absolute Gasteiger partial charge is 0.493 e. The maximum absolute atomic E-state index is 13.9. The number of carbonyl (C=O) groups excluding carboxylic acids is 2. The number of amides is 3. The van der Waals surface area contributed by atoms with E-state index in [0.29, 0.717) is 43.2 Å². The highest BCUT2D eigenvalue weighted by atomic mass is 79.9. The Morgan fingerprint density at radius 3 is 2.41 bits per heavy atom. The van der Waals surface area contributed by atoms with E-state index in [-0.39, 0.29) is 24.4 Å². The Hall–Kier alpha value is -3.98. The first kappa shape index (κ1) is 30.0. The number of para-hydroxylation sites is 2. The summed E-state index contributed by atoms with van der Waals surface area (Å²) >= 11 is 3.48. The second kappa shape index (κ2) is 14.1. The molecule has 0 fully saturated rings. The second-order valence-corrected chi connectivity index (χ2v) is 11.2. The number of methoxy groups -OCH3 is 2. The highest BCUT2D eigenvalue weighted by Crippen LogP contribution is 2.28. The predicted molar refractivity (Wildman–Crippen MR) is 167 cm³/mol. The van der Waals surface area contributed by atoms with Gasteiger partial charge < -0.3 is 29.6 Å². The summed E-state index contributed by atoms with van der Waals surface area (Å²) in [6.07, 6.45) is 2.66. The predicted octanol–water partition coefficient (Wildman–Crippen LogP) is 6.71. The summed E-state index contributed by atoms with van der Waals surface area (Å²) in [5, 5.41) is 4.09. The van der Waals surface area contributed by atoms with Crippen molar-refractivity contribution in [2.24, 2.45) is 5.92 Å². The molecule has 0 aliphatic carbocycles. The zero-order chi connectivity index (χ0) is 29.4. The molecule has 2 N–H and O–H groups in total. The first-order valence-electron chi connectivity index (χ1n) is 13.6. The molecule has 0 saturated carbocycles. The van der Waals surface area contributed by atoms with Crippen LogP contribution in [0.2, 0.25) is 0 Å². The number of carbonyl (C=O) groups is 2. The summed E-state index contributed by atoms with van der Waals surface area (Å²) in [4.78, 5) is 34.0. The van der Waals surface area contributed by atoms with E-state index < -0.39 is 0 Å². The molecule has 4 rings (SSSR count). The molecule has 1 aromatic heterocycles. The standard InChI is InChI=1S/C32H37BrN4O4/c1-22(2)19-37(32(39)35-28-12-8-6-10-26(28)33)21-31(38)36(20-23-13-14-29(40-3)30(17-23)41-4)16-15-24-18-34-27-11-7-5-9-25(24)27/h5-14,17-18,22,34H,15-16,19-21H2,1-4H3,(H,35,39). The van der Waals surface area contributed by atoms with Crippen molar-refractivity contribution in [2.75, 3.05) is 39.2 Å². The third-order valence-corrected chi connectivity index (χ3v) is 7.51. The maximum Gasteiger partial charge on any atom is 0.322 e. The number of hydrogen-bond donors (Lipinski definition) is 2. The summed E-state index contributed by atoms with van der Waals surface area (Å²) in [6.45, 7) is 5.30. The molecule has 9 heteroatoms. The van der Waals surface area contributed by atoms with Gasteiger partial charge in [-0.1, -0.05) is 50.2 Å². The smallest absolute Gasteiger partial charge is 0.322 e. The van der Waals surface area contributed by atoms with Crippen molar-refractivity contribution in [1.29, 1.82) is 0 Å². The van der Waals surface area contributed by atoms with Gasteiger partial charge in [0.2, 0.25) is 5.91 Å². The molecule has 1 heterocycles. The molecule has 3 amide bonds. The molecule has 0 bridgehead atoms. The van der Waals surface area contributed by atoms with Crippen LogP contribution >= 0.6 is 15.9 Å². The summed E-state index contributed by atoms with van der Waals surface area (Å²) in [5.74, 6) is 1.27.